The molecule has 0 bridgehead atoms. The first-order valence-electron chi connectivity index (χ1n) is 5.40. The van der Waals surface area contributed by atoms with Gasteiger partial charge < -0.3 is 4.90 Å². The van der Waals surface area contributed by atoms with Crippen LogP contribution in [0.3, 0.4) is 0 Å². The molecule has 1 saturated heterocycles. The van der Waals surface area contributed by atoms with E-state index >= 15 is 0 Å². The molecule has 0 saturated carbocycles. The normalized spacial score (nSPS) is 20.1. The van der Waals surface area contributed by atoms with Crippen molar-refractivity contribution in [1.29, 1.82) is 0 Å². The van der Waals surface area contributed by atoms with E-state index in [1.165, 1.54) is 16.7 Å². The molecule has 1 aliphatic rings. The van der Waals surface area contributed by atoms with Gasteiger partial charge in [-0.3, -0.25) is 4.79 Å². The Morgan fingerprint density at radius 3 is 2.63 bits per heavy atom. The van der Waals surface area contributed by atoms with Crippen LogP contribution in [0.15, 0.2) is 23.1 Å². The first-order chi connectivity index (χ1) is 8.82. The summed E-state index contributed by atoms with van der Waals surface area (Å²) < 4.78 is 22.7. The maximum absolute atomic E-state index is 12.0. The summed E-state index contributed by atoms with van der Waals surface area (Å²) in [5.74, 6) is -0.258. The van der Waals surface area contributed by atoms with E-state index in [4.69, 9.17) is 22.3 Å². The molecule has 0 N–H and O–H groups in total. The van der Waals surface area contributed by atoms with E-state index in [1.807, 2.05) is 6.26 Å². The lowest BCUT2D eigenvalue weighted by Crippen LogP contribution is -2.27. The van der Waals surface area contributed by atoms with Gasteiger partial charge in [0.15, 0.2) is 0 Å². The molecule has 2 rings (SSSR count). The van der Waals surface area contributed by atoms with Crippen molar-refractivity contribution in [2.75, 3.05) is 17.7 Å². The summed E-state index contributed by atoms with van der Waals surface area (Å²) in [4.78, 5) is 14.3. The molecule has 104 valence electrons. The van der Waals surface area contributed by atoms with Crippen LogP contribution in [0, 0.1) is 0 Å². The Bertz CT molecular complexity index is 618. The third-order valence-corrected chi connectivity index (χ3v) is 5.81. The first-order valence-corrected chi connectivity index (χ1v) is 9.38. The van der Waals surface area contributed by atoms with Gasteiger partial charge in [-0.05, 0) is 24.5 Å². The average Bonchev–Trinajstić information content (AvgIpc) is 2.71. The molecular weight excluding hydrogens is 329 g/mol. The van der Waals surface area contributed by atoms with E-state index in [0.717, 1.165) is 4.90 Å². The van der Waals surface area contributed by atoms with Gasteiger partial charge in [-0.2, -0.15) is 0 Å². The molecule has 1 aliphatic heterocycles. The number of hydrogen-bond acceptors (Lipinski definition) is 4. The van der Waals surface area contributed by atoms with E-state index in [2.05, 4.69) is 0 Å². The van der Waals surface area contributed by atoms with Gasteiger partial charge in [0, 0.05) is 33.6 Å². The Hall–Kier alpha value is -0.430. The predicted octanol–water partition coefficient (Wildman–Crippen LogP) is 2.74. The van der Waals surface area contributed by atoms with Crippen molar-refractivity contribution < 1.29 is 13.2 Å². The van der Waals surface area contributed by atoms with Crippen LogP contribution in [-0.2, 0) is 13.8 Å². The van der Waals surface area contributed by atoms with Crippen LogP contribution in [-0.4, -0.2) is 32.4 Å². The minimum atomic E-state index is -3.74. The van der Waals surface area contributed by atoms with Crippen molar-refractivity contribution in [2.45, 2.75) is 16.6 Å². The van der Waals surface area contributed by atoms with Crippen molar-refractivity contribution in [1.82, 2.24) is 0 Å². The minimum Gasteiger partial charge on any atom is -0.310 e. The van der Waals surface area contributed by atoms with E-state index in [0.29, 0.717) is 10.7 Å². The largest absolute Gasteiger partial charge is 0.310 e. The number of amides is 1. The van der Waals surface area contributed by atoms with Crippen LogP contribution >= 0.6 is 34.0 Å². The number of benzene rings is 1. The average molecular weight is 340 g/mol. The third kappa shape index (κ3) is 3.18. The van der Waals surface area contributed by atoms with Crippen LogP contribution < -0.4 is 4.90 Å². The number of rotatable bonds is 3. The predicted molar refractivity (Wildman–Crippen MR) is 78.8 cm³/mol. The molecule has 1 unspecified atom stereocenters. The van der Waals surface area contributed by atoms with Gasteiger partial charge in [0.1, 0.15) is 5.25 Å². The molecule has 8 heteroatoms. The van der Waals surface area contributed by atoms with Crippen molar-refractivity contribution in [3.63, 3.8) is 0 Å². The van der Waals surface area contributed by atoms with E-state index < -0.39 is 14.3 Å². The number of carbonyl (C=O) groups is 1. The van der Waals surface area contributed by atoms with Gasteiger partial charge in [0.25, 0.3) is 0 Å². The zero-order valence-corrected chi connectivity index (χ0v) is 13.1. The molecule has 0 aromatic heterocycles. The lowest BCUT2D eigenvalue weighted by molar-refractivity contribution is -0.117. The van der Waals surface area contributed by atoms with Gasteiger partial charge in [-0.1, -0.05) is 11.6 Å². The SMILES string of the molecule is CSc1ccc(Cl)cc1N1CC(S(=O)(=O)Cl)CC1=O. The summed E-state index contributed by atoms with van der Waals surface area (Å²) in [6.45, 7) is 0.0680. The maximum atomic E-state index is 12.0. The van der Waals surface area contributed by atoms with E-state index in [9.17, 15) is 13.2 Å². The molecule has 19 heavy (non-hydrogen) atoms. The molecule has 1 heterocycles. The van der Waals surface area contributed by atoms with Crippen LogP contribution in [0.25, 0.3) is 0 Å². The van der Waals surface area contributed by atoms with Crippen molar-refractivity contribution in [3.8, 4) is 0 Å². The van der Waals surface area contributed by atoms with Crippen LogP contribution in [0.1, 0.15) is 6.42 Å². The second-order valence-corrected chi connectivity index (χ2v) is 8.31. The Kier molecular flexibility index (Phi) is 4.35. The van der Waals surface area contributed by atoms with Crippen molar-refractivity contribution >= 4 is 54.7 Å². The Labute approximate surface area is 125 Å². The molecular formula is C11H11Cl2NO3S2. The molecule has 1 amide bonds. The fourth-order valence-electron chi connectivity index (χ4n) is 1.97. The first kappa shape index (κ1) is 15.0. The van der Waals surface area contributed by atoms with Crippen LogP contribution in [0.5, 0.6) is 0 Å². The second-order valence-electron chi connectivity index (χ2n) is 4.12. The number of anilines is 1. The molecule has 1 atom stereocenters. The summed E-state index contributed by atoms with van der Waals surface area (Å²) in [6, 6.07) is 5.19. The lowest BCUT2D eigenvalue weighted by Gasteiger charge is -2.19. The maximum Gasteiger partial charge on any atom is 0.237 e. The van der Waals surface area contributed by atoms with Gasteiger partial charge in [0.05, 0.1) is 5.69 Å². The van der Waals surface area contributed by atoms with Crippen LogP contribution in [0.2, 0.25) is 5.02 Å². The number of hydrogen-bond donors (Lipinski definition) is 0. The van der Waals surface area contributed by atoms with Crippen molar-refractivity contribution in [2.24, 2.45) is 0 Å². The highest BCUT2D eigenvalue weighted by Crippen LogP contribution is 2.35. The highest BCUT2D eigenvalue weighted by molar-refractivity contribution is 8.14. The number of thioether (sulfide) groups is 1. The number of nitrogens with zero attached hydrogens (tertiary/aromatic N) is 1. The molecule has 0 radical (unpaired) electrons. The van der Waals surface area contributed by atoms with Crippen LogP contribution in [0.4, 0.5) is 5.69 Å². The van der Waals surface area contributed by atoms with Crippen molar-refractivity contribution in [3.05, 3.63) is 23.2 Å². The fourth-order valence-corrected chi connectivity index (χ4v) is 3.75. The Morgan fingerprint density at radius 1 is 1.42 bits per heavy atom. The monoisotopic (exact) mass is 339 g/mol. The highest BCUT2D eigenvalue weighted by atomic mass is 35.7. The quantitative estimate of drug-likeness (QED) is 0.627. The lowest BCUT2D eigenvalue weighted by atomic mass is 10.3. The molecule has 0 spiro atoms. The summed E-state index contributed by atoms with van der Waals surface area (Å²) in [6.07, 6.45) is 1.79. The zero-order valence-electron chi connectivity index (χ0n) is 9.97. The number of carbonyl (C=O) groups excluding carboxylic acids is 1. The van der Waals surface area contributed by atoms with Gasteiger partial charge in [-0.15, -0.1) is 11.8 Å². The third-order valence-electron chi connectivity index (χ3n) is 2.92. The Morgan fingerprint density at radius 2 is 2.11 bits per heavy atom. The summed E-state index contributed by atoms with van der Waals surface area (Å²) in [7, 11) is 1.59. The van der Waals surface area contributed by atoms with Gasteiger partial charge in [0.2, 0.25) is 15.0 Å². The summed E-state index contributed by atoms with van der Waals surface area (Å²) in [5, 5.41) is -0.367. The van der Waals surface area contributed by atoms with Gasteiger partial charge >= 0.3 is 0 Å². The molecule has 0 aliphatic carbocycles. The van der Waals surface area contributed by atoms with E-state index in [-0.39, 0.29) is 18.9 Å². The molecule has 1 aromatic carbocycles. The Balaban J connectivity index is 2.38. The molecule has 1 aromatic rings. The summed E-state index contributed by atoms with van der Waals surface area (Å²) in [5.41, 5.74) is 0.632. The highest BCUT2D eigenvalue weighted by Gasteiger charge is 2.38. The smallest absolute Gasteiger partial charge is 0.237 e. The fraction of sp³-hybridized carbons (Fsp3) is 0.364. The van der Waals surface area contributed by atoms with Gasteiger partial charge in [-0.25, -0.2) is 8.42 Å². The topological polar surface area (TPSA) is 54.5 Å². The standard InChI is InChI=1S/C11H11Cl2NO3S2/c1-18-10-3-2-7(12)4-9(10)14-6-8(5-11(14)15)19(13,16)17/h2-4,8H,5-6H2,1H3. The molecule has 1 fully saturated rings. The molecule has 4 nitrogen and oxygen atoms in total. The minimum absolute atomic E-state index is 0.0680. The second kappa shape index (κ2) is 5.52. The summed E-state index contributed by atoms with van der Waals surface area (Å²) >= 11 is 7.40. The zero-order chi connectivity index (χ0) is 14.2. The van der Waals surface area contributed by atoms with E-state index in [1.54, 1.807) is 18.2 Å². The number of halogens is 2.